The van der Waals surface area contributed by atoms with Crippen molar-refractivity contribution in [3.8, 4) is 11.5 Å². The molecule has 7 nitrogen and oxygen atoms in total. The number of carbonyl (C=O) groups excluding carboxylic acids is 1. The fourth-order valence-electron chi connectivity index (χ4n) is 2.44. The van der Waals surface area contributed by atoms with E-state index >= 15 is 0 Å². The maximum Gasteiger partial charge on any atom is 0.416 e. The number of hydrogen-bond donors (Lipinski definition) is 1. The van der Waals surface area contributed by atoms with Gasteiger partial charge in [0.2, 0.25) is 5.89 Å². The Hall–Kier alpha value is -3.21. The molecule has 152 valence electrons. The van der Waals surface area contributed by atoms with E-state index < -0.39 is 27.5 Å². The number of hydrogen-bond acceptors (Lipinski definition) is 6. The van der Waals surface area contributed by atoms with Gasteiger partial charge in [-0.3, -0.25) is 10.1 Å². The smallest absolute Gasteiger partial charge is 0.403 e. The van der Waals surface area contributed by atoms with E-state index in [9.17, 15) is 26.4 Å². The maximum atomic E-state index is 12.6. The van der Waals surface area contributed by atoms with Crippen molar-refractivity contribution in [2.24, 2.45) is 0 Å². The van der Waals surface area contributed by atoms with Crippen LogP contribution in [0.25, 0.3) is 11.5 Å². The number of benzene rings is 2. The van der Waals surface area contributed by atoms with Crippen LogP contribution in [0.15, 0.2) is 57.8 Å². The normalized spacial score (nSPS) is 12.0. The summed E-state index contributed by atoms with van der Waals surface area (Å²) in [5.41, 5.74) is -0.702. The van der Waals surface area contributed by atoms with Gasteiger partial charge in [0.1, 0.15) is 0 Å². The Morgan fingerprint density at radius 1 is 1.07 bits per heavy atom. The summed E-state index contributed by atoms with van der Waals surface area (Å²) in [5, 5.41) is 9.60. The molecule has 2 aromatic carbocycles. The monoisotopic (exact) mass is 425 g/mol. The fraction of sp³-hybridized carbons (Fsp3) is 0.167. The van der Waals surface area contributed by atoms with Gasteiger partial charge in [0.25, 0.3) is 5.91 Å². The fourth-order valence-corrected chi connectivity index (χ4v) is 3.53. The molecule has 0 bridgehead atoms. The average Bonchev–Trinajstić information content (AvgIpc) is 3.16. The van der Waals surface area contributed by atoms with E-state index in [1.165, 1.54) is 31.2 Å². The van der Waals surface area contributed by atoms with Crippen molar-refractivity contribution in [2.75, 3.05) is 11.1 Å². The Morgan fingerprint density at radius 3 is 2.34 bits per heavy atom. The molecule has 0 aliphatic rings. The predicted octanol–water partition coefficient (Wildman–Crippen LogP) is 3.80. The van der Waals surface area contributed by atoms with Crippen molar-refractivity contribution in [3.63, 3.8) is 0 Å². The Kier molecular flexibility index (Phi) is 5.42. The summed E-state index contributed by atoms with van der Waals surface area (Å²) >= 11 is 0. The van der Waals surface area contributed by atoms with E-state index in [2.05, 4.69) is 15.5 Å². The average molecular weight is 425 g/mol. The standard InChI is InChI=1S/C18H14F3N3O4S/c1-2-29(26,27)14-6-4-3-5-13(14)15(25)22-17-24-23-16(28-17)11-7-9-12(10-8-11)18(19,20)21/h3-10H,2H2,1H3,(H,22,24,25). The Bertz CT molecular complexity index is 1140. The van der Waals surface area contributed by atoms with Crippen LogP contribution >= 0.6 is 0 Å². The summed E-state index contributed by atoms with van der Waals surface area (Å²) in [5.74, 6) is -1.07. The Morgan fingerprint density at radius 2 is 1.72 bits per heavy atom. The third kappa shape index (κ3) is 4.45. The summed E-state index contributed by atoms with van der Waals surface area (Å²) in [7, 11) is -3.64. The second-order valence-electron chi connectivity index (χ2n) is 5.84. The molecule has 0 spiro atoms. The third-order valence-electron chi connectivity index (χ3n) is 3.95. The van der Waals surface area contributed by atoms with E-state index in [1.807, 2.05) is 0 Å². The highest BCUT2D eigenvalue weighted by Crippen LogP contribution is 2.31. The first-order chi connectivity index (χ1) is 13.6. The Balaban J connectivity index is 1.82. The molecule has 0 aliphatic heterocycles. The van der Waals surface area contributed by atoms with Crippen LogP contribution in [0.3, 0.4) is 0 Å². The lowest BCUT2D eigenvalue weighted by Crippen LogP contribution is -2.17. The number of anilines is 1. The highest BCUT2D eigenvalue weighted by atomic mass is 32.2. The number of halogens is 3. The van der Waals surface area contributed by atoms with E-state index in [0.29, 0.717) is 0 Å². The summed E-state index contributed by atoms with van der Waals surface area (Å²) in [6.45, 7) is 1.46. The number of alkyl halides is 3. The van der Waals surface area contributed by atoms with Crippen molar-refractivity contribution in [1.29, 1.82) is 0 Å². The number of sulfone groups is 1. The molecule has 0 unspecified atom stereocenters. The van der Waals surface area contributed by atoms with Gasteiger partial charge in [-0.05, 0) is 36.4 Å². The van der Waals surface area contributed by atoms with Crippen molar-refractivity contribution >= 4 is 21.8 Å². The largest absolute Gasteiger partial charge is 0.416 e. The molecule has 0 saturated heterocycles. The first-order valence-electron chi connectivity index (χ1n) is 8.26. The minimum absolute atomic E-state index is 0.0939. The lowest BCUT2D eigenvalue weighted by atomic mass is 10.1. The molecule has 3 aromatic rings. The van der Waals surface area contributed by atoms with Gasteiger partial charge < -0.3 is 4.42 Å². The van der Waals surface area contributed by atoms with E-state index in [0.717, 1.165) is 24.3 Å². The molecule has 1 heterocycles. The maximum absolute atomic E-state index is 12.6. The zero-order valence-electron chi connectivity index (χ0n) is 14.9. The molecule has 0 saturated carbocycles. The van der Waals surface area contributed by atoms with Crippen LogP contribution in [0.4, 0.5) is 19.2 Å². The first-order valence-corrected chi connectivity index (χ1v) is 9.91. The van der Waals surface area contributed by atoms with Crippen molar-refractivity contribution in [3.05, 3.63) is 59.7 Å². The number of rotatable bonds is 5. The summed E-state index contributed by atoms with van der Waals surface area (Å²) < 4.78 is 67.5. The predicted molar refractivity (Wildman–Crippen MR) is 96.9 cm³/mol. The molecule has 0 radical (unpaired) electrons. The van der Waals surface area contributed by atoms with Crippen LogP contribution in [0.2, 0.25) is 0 Å². The van der Waals surface area contributed by atoms with Gasteiger partial charge in [0, 0.05) is 5.56 Å². The van der Waals surface area contributed by atoms with Crippen molar-refractivity contribution < 1.29 is 30.8 Å². The molecular formula is C18H14F3N3O4S. The van der Waals surface area contributed by atoms with Gasteiger partial charge >= 0.3 is 12.2 Å². The lowest BCUT2D eigenvalue weighted by Gasteiger charge is -2.08. The number of amides is 1. The van der Waals surface area contributed by atoms with Crippen LogP contribution in [0, 0.1) is 0 Å². The third-order valence-corrected chi connectivity index (χ3v) is 5.74. The number of nitrogens with one attached hydrogen (secondary N) is 1. The first kappa shape index (κ1) is 20.5. The molecule has 1 N–H and O–H groups in total. The van der Waals surface area contributed by atoms with E-state index in [4.69, 9.17) is 4.42 Å². The zero-order valence-corrected chi connectivity index (χ0v) is 15.7. The molecule has 29 heavy (non-hydrogen) atoms. The lowest BCUT2D eigenvalue weighted by molar-refractivity contribution is -0.137. The molecule has 0 fully saturated rings. The minimum atomic E-state index is -4.47. The highest BCUT2D eigenvalue weighted by molar-refractivity contribution is 7.91. The molecule has 1 amide bonds. The topological polar surface area (TPSA) is 102 Å². The van der Waals surface area contributed by atoms with Crippen LogP contribution in [0.1, 0.15) is 22.8 Å². The summed E-state index contributed by atoms with van der Waals surface area (Å²) in [6.07, 6.45) is -4.47. The van der Waals surface area contributed by atoms with Gasteiger partial charge in [-0.15, -0.1) is 5.10 Å². The van der Waals surface area contributed by atoms with Gasteiger partial charge in [-0.1, -0.05) is 24.2 Å². The minimum Gasteiger partial charge on any atom is -0.403 e. The summed E-state index contributed by atoms with van der Waals surface area (Å²) in [6, 6.07) is 9.37. The SMILES string of the molecule is CCS(=O)(=O)c1ccccc1C(=O)Nc1nnc(-c2ccc(C(F)(F)F)cc2)o1. The number of carbonyl (C=O) groups is 1. The van der Waals surface area contributed by atoms with Crippen LogP contribution in [-0.4, -0.2) is 30.3 Å². The van der Waals surface area contributed by atoms with Crippen LogP contribution in [-0.2, 0) is 16.0 Å². The van der Waals surface area contributed by atoms with Crippen LogP contribution in [0.5, 0.6) is 0 Å². The van der Waals surface area contributed by atoms with Crippen molar-refractivity contribution in [1.82, 2.24) is 10.2 Å². The van der Waals surface area contributed by atoms with Gasteiger partial charge in [0.15, 0.2) is 9.84 Å². The van der Waals surface area contributed by atoms with Crippen LogP contribution < -0.4 is 5.32 Å². The quantitative estimate of drug-likeness (QED) is 0.667. The second-order valence-corrected chi connectivity index (χ2v) is 8.09. The molecule has 0 atom stereocenters. The van der Waals surface area contributed by atoms with Gasteiger partial charge in [-0.25, -0.2) is 8.42 Å². The number of nitrogens with zero attached hydrogens (tertiary/aromatic N) is 2. The molecule has 11 heteroatoms. The van der Waals surface area contributed by atoms with Gasteiger partial charge in [-0.2, -0.15) is 13.2 Å². The molecule has 1 aromatic heterocycles. The molecular weight excluding hydrogens is 411 g/mol. The molecule has 0 aliphatic carbocycles. The summed E-state index contributed by atoms with van der Waals surface area (Å²) in [4.78, 5) is 12.3. The van der Waals surface area contributed by atoms with Crippen molar-refractivity contribution in [2.45, 2.75) is 18.0 Å². The Labute approximate surface area is 163 Å². The molecule has 3 rings (SSSR count). The highest BCUT2D eigenvalue weighted by Gasteiger charge is 2.30. The second kappa shape index (κ2) is 7.66. The number of aromatic nitrogens is 2. The van der Waals surface area contributed by atoms with Gasteiger partial charge in [0.05, 0.1) is 21.8 Å². The van der Waals surface area contributed by atoms with E-state index in [1.54, 1.807) is 0 Å². The van der Waals surface area contributed by atoms with E-state index in [-0.39, 0.29) is 33.7 Å². The zero-order chi connectivity index (χ0) is 21.2.